The number of morpholine rings is 1. The number of amides is 1. The molecule has 6 rings (SSSR count). The van der Waals surface area contributed by atoms with Gasteiger partial charge in [0.05, 0.1) is 25.3 Å². The van der Waals surface area contributed by atoms with Crippen LogP contribution in [0.25, 0.3) is 33.5 Å². The molecular formula is C28H37N9O2. The summed E-state index contributed by atoms with van der Waals surface area (Å²) in [6.07, 6.45) is 1.95. The first-order valence-electron chi connectivity index (χ1n) is 13.8. The number of piperazine rings is 1. The Morgan fingerprint density at radius 2 is 1.82 bits per heavy atom. The standard InChI is InChI=1S/C28H37N9O2/c1-4-37-22(18-34-10-12-36(13-11-34)28(2,3)27(29)38)31-23-25(35-14-16-39-17-15-35)32-24(33-26(23)37)20-6-5-7-21-19(20)8-9-30-21/h5-9,30H,4,10-18H2,1-3H3,(H2,29,38). The summed E-state index contributed by atoms with van der Waals surface area (Å²) in [6, 6.07) is 8.27. The Morgan fingerprint density at radius 3 is 2.54 bits per heavy atom. The molecule has 2 fully saturated rings. The summed E-state index contributed by atoms with van der Waals surface area (Å²) in [7, 11) is 0. The van der Waals surface area contributed by atoms with E-state index < -0.39 is 5.54 Å². The molecule has 1 amide bonds. The second-order valence-corrected chi connectivity index (χ2v) is 10.8. The van der Waals surface area contributed by atoms with E-state index >= 15 is 0 Å². The van der Waals surface area contributed by atoms with Crippen molar-refractivity contribution in [3.05, 3.63) is 36.3 Å². The minimum atomic E-state index is -0.649. The first-order valence-corrected chi connectivity index (χ1v) is 13.8. The lowest BCUT2D eigenvalue weighted by Gasteiger charge is -2.42. The van der Waals surface area contributed by atoms with Gasteiger partial charge in [-0.3, -0.25) is 14.6 Å². The maximum absolute atomic E-state index is 12.0. The van der Waals surface area contributed by atoms with Crippen molar-refractivity contribution < 1.29 is 9.53 Å². The predicted molar refractivity (Wildman–Crippen MR) is 151 cm³/mol. The minimum absolute atomic E-state index is 0.288. The van der Waals surface area contributed by atoms with Crippen molar-refractivity contribution in [2.24, 2.45) is 5.73 Å². The monoisotopic (exact) mass is 531 g/mol. The zero-order valence-corrected chi connectivity index (χ0v) is 23.0. The topological polar surface area (TPSA) is 121 Å². The summed E-state index contributed by atoms with van der Waals surface area (Å²) in [5.74, 6) is 2.27. The summed E-state index contributed by atoms with van der Waals surface area (Å²) in [5.41, 5.74) is 8.78. The highest BCUT2D eigenvalue weighted by Gasteiger charge is 2.35. The number of aryl methyl sites for hydroxylation is 1. The quantitative estimate of drug-likeness (QED) is 0.372. The van der Waals surface area contributed by atoms with Crippen molar-refractivity contribution in [1.29, 1.82) is 0 Å². The molecule has 2 aliphatic heterocycles. The van der Waals surface area contributed by atoms with E-state index in [-0.39, 0.29) is 5.91 Å². The zero-order valence-electron chi connectivity index (χ0n) is 23.0. The van der Waals surface area contributed by atoms with Gasteiger partial charge in [-0.25, -0.2) is 15.0 Å². The highest BCUT2D eigenvalue weighted by Crippen LogP contribution is 2.32. The first kappa shape index (κ1) is 25.7. The molecule has 0 radical (unpaired) electrons. The third kappa shape index (κ3) is 4.64. The molecule has 0 spiro atoms. The maximum atomic E-state index is 12.0. The van der Waals surface area contributed by atoms with Gasteiger partial charge in [0.1, 0.15) is 5.82 Å². The largest absolute Gasteiger partial charge is 0.378 e. The zero-order chi connectivity index (χ0) is 27.1. The van der Waals surface area contributed by atoms with Crippen molar-refractivity contribution in [1.82, 2.24) is 34.3 Å². The maximum Gasteiger partial charge on any atom is 0.237 e. The van der Waals surface area contributed by atoms with Crippen molar-refractivity contribution >= 4 is 33.8 Å². The number of carbonyl (C=O) groups is 1. The molecular weight excluding hydrogens is 494 g/mol. The van der Waals surface area contributed by atoms with Crippen LogP contribution in [0.5, 0.6) is 0 Å². The van der Waals surface area contributed by atoms with Gasteiger partial charge >= 0.3 is 0 Å². The van der Waals surface area contributed by atoms with Crippen LogP contribution < -0.4 is 10.6 Å². The van der Waals surface area contributed by atoms with Gasteiger partial charge in [-0.1, -0.05) is 12.1 Å². The molecule has 0 atom stereocenters. The number of rotatable bonds is 7. The molecule has 3 aromatic heterocycles. The van der Waals surface area contributed by atoms with Crippen LogP contribution in [-0.2, 0) is 22.6 Å². The second kappa shape index (κ2) is 10.2. The number of hydrogen-bond donors (Lipinski definition) is 2. The molecule has 4 aromatic rings. The van der Waals surface area contributed by atoms with Crippen molar-refractivity contribution in [3.8, 4) is 11.4 Å². The summed E-state index contributed by atoms with van der Waals surface area (Å²) in [6.45, 7) is 13.5. The normalized spacial score (nSPS) is 17.9. The molecule has 0 aliphatic carbocycles. The number of nitrogens with zero attached hydrogens (tertiary/aromatic N) is 7. The number of H-pyrrole nitrogens is 1. The fraction of sp³-hybridized carbons (Fsp3) is 0.500. The number of fused-ring (bicyclic) bond motifs is 2. The number of benzene rings is 1. The lowest BCUT2D eigenvalue weighted by molar-refractivity contribution is -0.129. The SMILES string of the molecule is CCn1c(CN2CCN(C(C)(C)C(N)=O)CC2)nc2c(N3CCOCC3)nc(-c3cccc4[nH]ccc34)nc21. The Kier molecular flexibility index (Phi) is 6.74. The molecule has 5 heterocycles. The van der Waals surface area contributed by atoms with Gasteiger partial charge in [0.2, 0.25) is 5.91 Å². The van der Waals surface area contributed by atoms with Gasteiger partial charge in [0.25, 0.3) is 0 Å². The Balaban J connectivity index is 1.38. The fourth-order valence-corrected chi connectivity index (χ4v) is 5.70. The molecule has 11 nitrogen and oxygen atoms in total. The van der Waals surface area contributed by atoms with Crippen LogP contribution in [0.2, 0.25) is 0 Å². The van der Waals surface area contributed by atoms with Crippen LogP contribution >= 0.6 is 0 Å². The lowest BCUT2D eigenvalue weighted by Crippen LogP contribution is -2.59. The minimum Gasteiger partial charge on any atom is -0.378 e. The van der Waals surface area contributed by atoms with E-state index in [4.69, 9.17) is 25.4 Å². The van der Waals surface area contributed by atoms with Gasteiger partial charge < -0.3 is 24.9 Å². The summed E-state index contributed by atoms with van der Waals surface area (Å²) in [5, 5.41) is 1.10. The van der Waals surface area contributed by atoms with Crippen molar-refractivity contribution in [2.45, 2.75) is 39.4 Å². The van der Waals surface area contributed by atoms with Crippen LogP contribution in [0, 0.1) is 0 Å². The van der Waals surface area contributed by atoms with Crippen LogP contribution in [0.15, 0.2) is 30.5 Å². The fourth-order valence-electron chi connectivity index (χ4n) is 5.70. The van der Waals surface area contributed by atoms with Gasteiger partial charge in [0, 0.05) is 68.5 Å². The second-order valence-electron chi connectivity index (χ2n) is 10.8. The number of aromatic amines is 1. The first-order chi connectivity index (χ1) is 18.9. The summed E-state index contributed by atoms with van der Waals surface area (Å²) >= 11 is 0. The molecule has 11 heteroatoms. The number of nitrogens with two attached hydrogens (primary N) is 1. The number of carbonyl (C=O) groups excluding carboxylic acids is 1. The Hall–Kier alpha value is -3.54. The van der Waals surface area contributed by atoms with Crippen molar-refractivity contribution in [3.63, 3.8) is 0 Å². The van der Waals surface area contributed by atoms with Crippen LogP contribution in [0.4, 0.5) is 5.82 Å². The molecule has 0 unspecified atom stereocenters. The lowest BCUT2D eigenvalue weighted by atomic mass is 10.0. The number of hydrogen-bond acceptors (Lipinski definition) is 8. The van der Waals surface area contributed by atoms with Crippen molar-refractivity contribution in [2.75, 3.05) is 57.4 Å². The molecule has 206 valence electrons. The van der Waals surface area contributed by atoms with E-state index in [9.17, 15) is 4.79 Å². The smallest absolute Gasteiger partial charge is 0.237 e. The Bertz CT molecular complexity index is 1490. The average molecular weight is 532 g/mol. The number of ether oxygens (including phenoxy) is 1. The summed E-state index contributed by atoms with van der Waals surface area (Å²) < 4.78 is 7.86. The third-order valence-electron chi connectivity index (χ3n) is 8.25. The van der Waals surface area contributed by atoms with Crippen LogP contribution in [0.3, 0.4) is 0 Å². The highest BCUT2D eigenvalue weighted by molar-refractivity contribution is 5.95. The van der Waals surface area contributed by atoms with E-state index in [0.29, 0.717) is 25.6 Å². The molecule has 3 N–H and O–H groups in total. The number of primary amides is 1. The van der Waals surface area contributed by atoms with Gasteiger partial charge in [-0.15, -0.1) is 0 Å². The number of aromatic nitrogens is 5. The van der Waals surface area contributed by atoms with Gasteiger partial charge in [0.15, 0.2) is 22.8 Å². The Morgan fingerprint density at radius 1 is 1.05 bits per heavy atom. The Labute approximate surface area is 227 Å². The third-order valence-corrected chi connectivity index (χ3v) is 8.25. The molecule has 2 saturated heterocycles. The molecule has 0 bridgehead atoms. The van der Waals surface area contributed by atoms with Gasteiger partial charge in [-0.05, 0) is 32.9 Å². The molecule has 2 aliphatic rings. The highest BCUT2D eigenvalue weighted by atomic mass is 16.5. The van der Waals surface area contributed by atoms with E-state index in [1.54, 1.807) is 0 Å². The summed E-state index contributed by atoms with van der Waals surface area (Å²) in [4.78, 5) is 37.5. The van der Waals surface area contributed by atoms with E-state index in [1.165, 1.54) is 0 Å². The van der Waals surface area contributed by atoms with E-state index in [0.717, 1.165) is 85.1 Å². The van der Waals surface area contributed by atoms with Crippen LogP contribution in [0.1, 0.15) is 26.6 Å². The van der Waals surface area contributed by atoms with E-state index in [1.807, 2.05) is 26.1 Å². The number of anilines is 1. The van der Waals surface area contributed by atoms with Gasteiger partial charge in [-0.2, -0.15) is 0 Å². The predicted octanol–water partition coefficient (Wildman–Crippen LogP) is 2.21. The average Bonchev–Trinajstić information content (AvgIpc) is 3.57. The number of nitrogens with one attached hydrogen (secondary N) is 1. The van der Waals surface area contributed by atoms with E-state index in [2.05, 4.69) is 49.4 Å². The molecule has 0 saturated carbocycles. The number of imidazole rings is 1. The van der Waals surface area contributed by atoms with Crippen LogP contribution in [-0.4, -0.2) is 98.2 Å². The molecule has 39 heavy (non-hydrogen) atoms. The molecule has 1 aromatic carbocycles.